The predicted octanol–water partition coefficient (Wildman–Crippen LogP) is 8.74. The number of carbonyl (C=O) groups is 6. The van der Waals surface area contributed by atoms with E-state index in [1.165, 1.54) is 0 Å². The van der Waals surface area contributed by atoms with Gasteiger partial charge in [-0.1, -0.05) is 84.4 Å². The van der Waals surface area contributed by atoms with Gasteiger partial charge in [0.25, 0.3) is 0 Å². The number of carbonyl (C=O) groups excluding carboxylic acids is 6. The molecule has 0 atom stereocenters. The molecule has 3 aromatic rings. The third kappa shape index (κ3) is 7.18. The first-order chi connectivity index (χ1) is 25.5. The van der Waals surface area contributed by atoms with Crippen LogP contribution < -0.4 is 0 Å². The number of rotatable bonds is 2. The van der Waals surface area contributed by atoms with Gasteiger partial charge in [0.05, 0.1) is 0 Å². The Morgan fingerprint density at radius 2 is 0.963 bits per heavy atom. The van der Waals surface area contributed by atoms with Crippen molar-refractivity contribution in [3.8, 4) is 0 Å². The summed E-state index contributed by atoms with van der Waals surface area (Å²) in [4.78, 5) is 72.5. The normalized spacial score (nSPS) is 19.0. The molecule has 2 heterocycles. The lowest BCUT2D eigenvalue weighted by Gasteiger charge is -2.36. The maximum Gasteiger partial charge on any atom is 0.234 e. The number of hydrogen-bond acceptors (Lipinski definition) is 9. The Balaban J connectivity index is 0.000000138. The summed E-state index contributed by atoms with van der Waals surface area (Å²) in [6, 6.07) is 20.7. The second kappa shape index (κ2) is 14.5. The highest BCUT2D eigenvalue weighted by molar-refractivity contribution is 6.52. The lowest BCUT2D eigenvalue weighted by atomic mass is 9.82. The molecule has 0 spiro atoms. The predicted molar refractivity (Wildman–Crippen MR) is 203 cm³/mol. The van der Waals surface area contributed by atoms with Gasteiger partial charge < -0.3 is 14.6 Å². The van der Waals surface area contributed by atoms with E-state index in [1.54, 1.807) is 60.7 Å². The van der Waals surface area contributed by atoms with Crippen LogP contribution in [0.25, 0.3) is 11.5 Å². The third-order valence-electron chi connectivity index (χ3n) is 9.96. The van der Waals surface area contributed by atoms with Crippen molar-refractivity contribution >= 4 is 46.2 Å². The molecule has 54 heavy (non-hydrogen) atoms. The van der Waals surface area contributed by atoms with E-state index in [9.17, 15) is 33.9 Å². The molecule has 0 fully saturated rings. The average molecular weight is 727 g/mol. The van der Waals surface area contributed by atoms with Crippen LogP contribution in [0.4, 0.5) is 0 Å². The van der Waals surface area contributed by atoms with E-state index >= 15 is 0 Å². The van der Waals surface area contributed by atoms with Crippen molar-refractivity contribution in [3.63, 3.8) is 0 Å². The number of aliphatic hydroxyl groups is 1. The number of ketones is 6. The molecule has 3 aliphatic carbocycles. The van der Waals surface area contributed by atoms with Crippen LogP contribution in [0.2, 0.25) is 0 Å². The van der Waals surface area contributed by atoms with Crippen molar-refractivity contribution in [2.45, 2.75) is 84.8 Å². The number of allylic oxidation sites excluding steroid dienone is 6. The Hall–Kier alpha value is -5.96. The first-order valence-electron chi connectivity index (χ1n) is 18.0. The number of fused-ring (bicyclic) bond motifs is 4. The summed E-state index contributed by atoms with van der Waals surface area (Å²) >= 11 is 0. The second-order valence-electron chi connectivity index (χ2n) is 15.3. The smallest absolute Gasteiger partial charge is 0.234 e. The van der Waals surface area contributed by atoms with E-state index < -0.39 is 23.1 Å². The summed E-state index contributed by atoms with van der Waals surface area (Å²) < 4.78 is 11.7. The molecular formula is C45H42O9. The van der Waals surface area contributed by atoms with E-state index in [2.05, 4.69) is 0 Å². The zero-order chi connectivity index (χ0) is 39.1. The Kier molecular flexibility index (Phi) is 10.1. The van der Waals surface area contributed by atoms with Gasteiger partial charge in [0.2, 0.25) is 28.9 Å². The van der Waals surface area contributed by atoms with Gasteiger partial charge in [-0.25, -0.2) is 0 Å². The summed E-state index contributed by atoms with van der Waals surface area (Å²) in [7, 11) is 0. The van der Waals surface area contributed by atoms with Crippen LogP contribution in [0.15, 0.2) is 107 Å². The first kappa shape index (κ1) is 37.8. The summed E-state index contributed by atoms with van der Waals surface area (Å²) in [5.74, 6) is -1.39. The second-order valence-corrected chi connectivity index (χ2v) is 15.3. The van der Waals surface area contributed by atoms with Crippen LogP contribution >= 0.6 is 0 Å². The number of benzene rings is 3. The van der Waals surface area contributed by atoms with E-state index in [-0.39, 0.29) is 51.8 Å². The van der Waals surface area contributed by atoms with Gasteiger partial charge >= 0.3 is 0 Å². The third-order valence-corrected chi connectivity index (χ3v) is 9.96. The lowest BCUT2D eigenvalue weighted by molar-refractivity contribution is -0.113. The van der Waals surface area contributed by atoms with Crippen molar-refractivity contribution in [1.82, 2.24) is 0 Å². The molecular weight excluding hydrogens is 684 g/mol. The van der Waals surface area contributed by atoms with Crippen molar-refractivity contribution in [2.75, 3.05) is 0 Å². The molecule has 0 aromatic heterocycles. The van der Waals surface area contributed by atoms with Crippen LogP contribution in [0.1, 0.15) is 126 Å². The fourth-order valence-corrected chi connectivity index (χ4v) is 6.91. The minimum atomic E-state index is -0.608. The number of Topliss-reactive ketones (excluding diaryl/α,β-unsaturated/α-hetero) is 6. The number of aliphatic hydroxyl groups excluding tert-OH is 1. The molecule has 9 heteroatoms. The van der Waals surface area contributed by atoms with Crippen LogP contribution in [0, 0.1) is 0 Å². The van der Waals surface area contributed by atoms with Gasteiger partial charge in [-0.3, -0.25) is 28.8 Å². The van der Waals surface area contributed by atoms with Gasteiger partial charge in [0, 0.05) is 50.1 Å². The van der Waals surface area contributed by atoms with E-state index in [1.807, 2.05) is 59.8 Å². The molecule has 3 aromatic carbocycles. The molecule has 0 radical (unpaired) electrons. The Bertz CT molecular complexity index is 2270. The van der Waals surface area contributed by atoms with E-state index in [4.69, 9.17) is 9.47 Å². The zero-order valence-electron chi connectivity index (χ0n) is 31.3. The highest BCUT2D eigenvalue weighted by atomic mass is 16.5. The molecule has 0 amide bonds. The highest BCUT2D eigenvalue weighted by Crippen LogP contribution is 2.41. The summed E-state index contributed by atoms with van der Waals surface area (Å²) in [5, 5.41) is 10.1. The monoisotopic (exact) mass is 726 g/mol. The molecule has 9 nitrogen and oxygen atoms in total. The Morgan fingerprint density at radius 1 is 0.556 bits per heavy atom. The van der Waals surface area contributed by atoms with E-state index in [0.717, 1.165) is 24.0 Å². The van der Waals surface area contributed by atoms with Crippen molar-refractivity contribution in [3.05, 3.63) is 140 Å². The molecule has 276 valence electrons. The highest BCUT2D eigenvalue weighted by Gasteiger charge is 2.41. The molecule has 0 bridgehead atoms. The molecule has 8 rings (SSSR count). The van der Waals surface area contributed by atoms with Crippen molar-refractivity contribution < 1.29 is 43.3 Å². The maximum absolute atomic E-state index is 12.3. The fraction of sp³-hybridized carbons (Fsp3) is 0.289. The van der Waals surface area contributed by atoms with Crippen LogP contribution in [0.3, 0.4) is 0 Å². The summed E-state index contributed by atoms with van der Waals surface area (Å²) in [5.41, 5.74) is 4.53. The Morgan fingerprint density at radius 3 is 1.50 bits per heavy atom. The lowest BCUT2D eigenvalue weighted by Crippen LogP contribution is -2.35. The minimum absolute atomic E-state index is 0.0595. The zero-order valence-corrected chi connectivity index (χ0v) is 31.3. The maximum atomic E-state index is 12.3. The van der Waals surface area contributed by atoms with Gasteiger partial charge in [-0.05, 0) is 73.6 Å². The van der Waals surface area contributed by atoms with Gasteiger partial charge in [-0.2, -0.15) is 0 Å². The standard InChI is InChI=1S/3C15H14O3/c1-15(2)8-7-11-13(17)12(16)9-5-3-4-6-10(9)14(11)18-15;1-15(2)8-7-11-12(16)9-5-3-4-6-10(9)13(17)14(11)18-15;1-9(2)7-8-12-13(16)10-5-3-4-6-11(10)14(17)15(12)18/h2*3-6H,7-8H2,1-2H3;3-7,16H,8H2,1-2H3. The summed E-state index contributed by atoms with van der Waals surface area (Å²) in [6.45, 7) is 11.7. The van der Waals surface area contributed by atoms with E-state index in [0.29, 0.717) is 52.0 Å². The number of hydrogen-bond donors (Lipinski definition) is 1. The Labute approximate surface area is 314 Å². The molecule has 5 aliphatic rings. The fourth-order valence-electron chi connectivity index (χ4n) is 6.91. The van der Waals surface area contributed by atoms with Crippen molar-refractivity contribution in [1.29, 1.82) is 0 Å². The van der Waals surface area contributed by atoms with Crippen LogP contribution in [-0.2, 0) is 19.1 Å². The van der Waals surface area contributed by atoms with Gasteiger partial charge in [0.1, 0.15) is 22.7 Å². The van der Waals surface area contributed by atoms with Gasteiger partial charge in [0.15, 0.2) is 11.5 Å². The average Bonchev–Trinajstić information content (AvgIpc) is 3.15. The first-order valence-corrected chi connectivity index (χ1v) is 18.0. The van der Waals surface area contributed by atoms with Crippen molar-refractivity contribution in [2.24, 2.45) is 0 Å². The SMILES string of the molecule is CC(C)=CCC1=C(O)c2ccccc2C(=O)C1=O.CC1(C)CCC2=C(O1)C(=O)c1ccccc1C2=O.CC1(C)CCC2=C(O1)c1ccccc1C(=O)C2=O. The minimum Gasteiger partial charge on any atom is -0.507 e. The molecule has 0 unspecified atom stereocenters. The topological polar surface area (TPSA) is 141 Å². The largest absolute Gasteiger partial charge is 0.507 e. The molecule has 1 N–H and O–H groups in total. The van der Waals surface area contributed by atoms with Crippen LogP contribution in [-0.4, -0.2) is 51.0 Å². The quantitative estimate of drug-likeness (QED) is 0.203. The molecule has 0 saturated carbocycles. The summed E-state index contributed by atoms with van der Waals surface area (Å²) in [6.07, 6.45) is 4.85. The molecule has 0 saturated heterocycles. The number of ether oxygens (including phenoxy) is 2. The van der Waals surface area contributed by atoms with Crippen LogP contribution in [0.5, 0.6) is 0 Å². The molecule has 2 aliphatic heterocycles. The van der Waals surface area contributed by atoms with Gasteiger partial charge in [-0.15, -0.1) is 0 Å².